The Kier molecular flexibility index (Phi) is 3.77. The lowest BCUT2D eigenvalue weighted by atomic mass is 9.99. The molecule has 1 aliphatic heterocycles. The van der Waals surface area contributed by atoms with Crippen molar-refractivity contribution in [3.63, 3.8) is 0 Å². The zero-order valence-corrected chi connectivity index (χ0v) is 14.9. The SMILES string of the molecule is CCC(=O)c1ccc2c(=O)[nH]cc(-c3ccc4c(c3)CS(=O)(=O)C4)c2n1. The smallest absolute Gasteiger partial charge is 0.257 e. The predicted molar refractivity (Wildman–Crippen MR) is 98.7 cm³/mol. The minimum atomic E-state index is -3.09. The molecule has 0 saturated heterocycles. The molecule has 1 N–H and O–H groups in total. The molecule has 6 nitrogen and oxygen atoms in total. The summed E-state index contributed by atoms with van der Waals surface area (Å²) in [5, 5.41) is 0.392. The summed E-state index contributed by atoms with van der Waals surface area (Å²) in [6, 6.07) is 8.60. The fourth-order valence-corrected chi connectivity index (χ4v) is 4.88. The van der Waals surface area contributed by atoms with Crippen LogP contribution < -0.4 is 5.56 Å². The van der Waals surface area contributed by atoms with Crippen molar-refractivity contribution in [3.8, 4) is 11.1 Å². The summed E-state index contributed by atoms with van der Waals surface area (Å²) in [4.78, 5) is 31.2. The van der Waals surface area contributed by atoms with Crippen molar-refractivity contribution in [2.24, 2.45) is 0 Å². The predicted octanol–water partition coefficient (Wildman–Crippen LogP) is 2.61. The highest BCUT2D eigenvalue weighted by Crippen LogP contribution is 2.31. The number of fused-ring (bicyclic) bond motifs is 2. The van der Waals surface area contributed by atoms with Crippen LogP contribution in [0.15, 0.2) is 41.3 Å². The van der Waals surface area contributed by atoms with Crippen molar-refractivity contribution in [1.82, 2.24) is 9.97 Å². The minimum absolute atomic E-state index is 0.0183. The van der Waals surface area contributed by atoms with Crippen LogP contribution in [0, 0.1) is 0 Å². The summed E-state index contributed by atoms with van der Waals surface area (Å²) < 4.78 is 23.7. The highest BCUT2D eigenvalue weighted by molar-refractivity contribution is 7.90. The molecular weight excluding hydrogens is 352 g/mol. The number of nitrogens with zero attached hydrogens (tertiary/aromatic N) is 1. The summed E-state index contributed by atoms with van der Waals surface area (Å²) in [5.74, 6) is -0.0227. The molecule has 2 aromatic heterocycles. The van der Waals surface area contributed by atoms with Crippen LogP contribution >= 0.6 is 0 Å². The number of aromatic amines is 1. The van der Waals surface area contributed by atoms with Crippen molar-refractivity contribution in [1.29, 1.82) is 0 Å². The van der Waals surface area contributed by atoms with Crippen LogP contribution in [0.25, 0.3) is 22.0 Å². The maximum absolute atomic E-state index is 12.1. The molecule has 26 heavy (non-hydrogen) atoms. The van der Waals surface area contributed by atoms with E-state index in [9.17, 15) is 18.0 Å². The van der Waals surface area contributed by atoms with Crippen LogP contribution in [0.5, 0.6) is 0 Å². The number of hydrogen-bond donors (Lipinski definition) is 1. The Hall–Kier alpha value is -2.80. The maximum Gasteiger partial charge on any atom is 0.257 e. The van der Waals surface area contributed by atoms with Crippen molar-refractivity contribution >= 4 is 26.5 Å². The van der Waals surface area contributed by atoms with Crippen LogP contribution in [-0.2, 0) is 21.3 Å². The van der Waals surface area contributed by atoms with E-state index in [0.29, 0.717) is 28.6 Å². The van der Waals surface area contributed by atoms with E-state index in [-0.39, 0.29) is 22.8 Å². The number of rotatable bonds is 3. The summed E-state index contributed by atoms with van der Waals surface area (Å²) in [6.07, 6.45) is 1.89. The molecule has 1 aromatic carbocycles. The Labute approximate surface area is 149 Å². The Morgan fingerprint density at radius 2 is 1.92 bits per heavy atom. The highest BCUT2D eigenvalue weighted by atomic mass is 32.2. The third-order valence-corrected chi connectivity index (χ3v) is 6.12. The minimum Gasteiger partial charge on any atom is -0.328 e. The maximum atomic E-state index is 12.1. The second-order valence-corrected chi connectivity index (χ2v) is 8.48. The number of ketones is 1. The average Bonchev–Trinajstić information content (AvgIpc) is 2.94. The largest absolute Gasteiger partial charge is 0.328 e. The van der Waals surface area contributed by atoms with E-state index in [2.05, 4.69) is 9.97 Å². The fourth-order valence-electron chi connectivity index (χ4n) is 3.28. The van der Waals surface area contributed by atoms with Gasteiger partial charge in [-0.2, -0.15) is 0 Å². The molecule has 0 amide bonds. The number of carbonyl (C=O) groups excluding carboxylic acids is 1. The molecule has 0 spiro atoms. The molecule has 132 valence electrons. The Balaban J connectivity index is 1.94. The molecule has 0 radical (unpaired) electrons. The van der Waals surface area contributed by atoms with Crippen LogP contribution in [0.1, 0.15) is 35.0 Å². The van der Waals surface area contributed by atoms with Crippen molar-refractivity contribution in [3.05, 3.63) is 63.7 Å². The van der Waals surface area contributed by atoms with Gasteiger partial charge >= 0.3 is 0 Å². The van der Waals surface area contributed by atoms with Gasteiger partial charge < -0.3 is 4.98 Å². The first-order chi connectivity index (χ1) is 12.4. The molecule has 0 aliphatic carbocycles. The van der Waals surface area contributed by atoms with Crippen molar-refractivity contribution in [2.75, 3.05) is 0 Å². The van der Waals surface area contributed by atoms with Gasteiger partial charge in [0.15, 0.2) is 15.6 Å². The number of pyridine rings is 2. The van der Waals surface area contributed by atoms with E-state index in [1.807, 2.05) is 12.1 Å². The number of sulfone groups is 1. The Morgan fingerprint density at radius 3 is 2.69 bits per heavy atom. The van der Waals surface area contributed by atoms with Gasteiger partial charge in [0.1, 0.15) is 5.69 Å². The van der Waals surface area contributed by atoms with Crippen molar-refractivity contribution < 1.29 is 13.2 Å². The van der Waals surface area contributed by atoms with Gasteiger partial charge in [-0.15, -0.1) is 0 Å². The molecule has 3 heterocycles. The van der Waals surface area contributed by atoms with E-state index < -0.39 is 9.84 Å². The first kappa shape index (κ1) is 16.7. The fraction of sp³-hybridized carbons (Fsp3) is 0.211. The lowest BCUT2D eigenvalue weighted by molar-refractivity contribution is 0.0983. The van der Waals surface area contributed by atoms with E-state index in [1.165, 1.54) is 0 Å². The second kappa shape index (κ2) is 5.88. The van der Waals surface area contributed by atoms with E-state index in [1.54, 1.807) is 31.3 Å². The monoisotopic (exact) mass is 368 g/mol. The summed E-state index contributed by atoms with van der Waals surface area (Å²) in [5.41, 5.74) is 3.47. The van der Waals surface area contributed by atoms with E-state index in [0.717, 1.165) is 16.7 Å². The lowest BCUT2D eigenvalue weighted by Crippen LogP contribution is -2.09. The summed E-state index contributed by atoms with van der Waals surface area (Å²) in [6.45, 7) is 1.76. The van der Waals surface area contributed by atoms with Gasteiger partial charge in [0, 0.05) is 18.2 Å². The first-order valence-electron chi connectivity index (χ1n) is 8.26. The zero-order valence-electron chi connectivity index (χ0n) is 14.1. The van der Waals surface area contributed by atoms with Gasteiger partial charge in [0.25, 0.3) is 5.56 Å². The quantitative estimate of drug-likeness (QED) is 0.717. The second-order valence-electron chi connectivity index (χ2n) is 6.42. The van der Waals surface area contributed by atoms with Gasteiger partial charge in [-0.3, -0.25) is 9.59 Å². The first-order valence-corrected chi connectivity index (χ1v) is 10.1. The molecule has 0 unspecified atom stereocenters. The van der Waals surface area contributed by atoms with Gasteiger partial charge in [0.2, 0.25) is 0 Å². The molecule has 0 fully saturated rings. The molecule has 3 aromatic rings. The van der Waals surface area contributed by atoms with Gasteiger partial charge in [-0.25, -0.2) is 13.4 Å². The van der Waals surface area contributed by atoms with Gasteiger partial charge in [0.05, 0.1) is 22.4 Å². The van der Waals surface area contributed by atoms with Crippen LogP contribution in [0.3, 0.4) is 0 Å². The number of Topliss-reactive ketones (excluding diaryl/α,β-unsaturated/α-hetero) is 1. The summed E-state index contributed by atoms with van der Waals surface area (Å²) in [7, 11) is -3.09. The topological polar surface area (TPSA) is 97.0 Å². The molecule has 4 rings (SSSR count). The number of carbonyl (C=O) groups is 1. The van der Waals surface area contributed by atoms with Gasteiger partial charge in [-0.05, 0) is 34.9 Å². The molecule has 1 aliphatic rings. The number of H-pyrrole nitrogens is 1. The Morgan fingerprint density at radius 1 is 1.15 bits per heavy atom. The number of aromatic nitrogens is 2. The summed E-state index contributed by atoms with van der Waals surface area (Å²) >= 11 is 0. The zero-order chi connectivity index (χ0) is 18.5. The normalized spacial score (nSPS) is 15.1. The Bertz CT molecular complexity index is 1230. The van der Waals surface area contributed by atoms with E-state index in [4.69, 9.17) is 0 Å². The van der Waals surface area contributed by atoms with Crippen LogP contribution in [0.2, 0.25) is 0 Å². The molecule has 0 atom stereocenters. The molecule has 0 bridgehead atoms. The average molecular weight is 368 g/mol. The number of benzene rings is 1. The third kappa shape index (κ3) is 2.74. The standard InChI is InChI=1S/C19H16N2O4S/c1-2-17(22)16-6-5-14-18(21-16)15(8-20-19(14)23)11-3-4-12-9-26(24,25)10-13(12)7-11/h3-8H,2,9-10H2,1H3,(H,20,23). The third-order valence-electron chi connectivity index (χ3n) is 4.62. The van der Waals surface area contributed by atoms with Crippen molar-refractivity contribution in [2.45, 2.75) is 24.9 Å². The highest BCUT2D eigenvalue weighted by Gasteiger charge is 2.25. The van der Waals surface area contributed by atoms with Gasteiger partial charge in [-0.1, -0.05) is 19.1 Å². The number of hydrogen-bond acceptors (Lipinski definition) is 5. The van der Waals surface area contributed by atoms with Crippen LogP contribution in [0.4, 0.5) is 0 Å². The molecule has 7 heteroatoms. The molecule has 0 saturated carbocycles. The number of nitrogens with one attached hydrogen (secondary N) is 1. The molecular formula is C19H16N2O4S. The van der Waals surface area contributed by atoms with Crippen LogP contribution in [-0.4, -0.2) is 24.2 Å². The lowest BCUT2D eigenvalue weighted by Gasteiger charge is -2.08. The van der Waals surface area contributed by atoms with E-state index >= 15 is 0 Å².